The molecule has 3 rings (SSSR count). The molecule has 25 heavy (non-hydrogen) atoms. The number of carbonyl (C=O) groups excluding carboxylic acids is 1. The van der Waals surface area contributed by atoms with Gasteiger partial charge in [0.05, 0.1) is 12.7 Å². The van der Waals surface area contributed by atoms with E-state index in [0.29, 0.717) is 11.3 Å². The fraction of sp³-hybridized carbons (Fsp3) is 0.0952. The molecule has 1 amide bonds. The molecule has 0 fully saturated rings. The molecule has 4 heteroatoms. The van der Waals surface area contributed by atoms with Gasteiger partial charge in [-0.3, -0.25) is 4.79 Å². The Morgan fingerprint density at radius 1 is 0.840 bits per heavy atom. The zero-order chi connectivity index (χ0) is 17.5. The predicted octanol–water partition coefficient (Wildman–Crippen LogP) is 4.56. The third kappa shape index (κ3) is 4.38. The van der Waals surface area contributed by atoms with E-state index in [9.17, 15) is 4.79 Å². The average molecular weight is 332 g/mol. The van der Waals surface area contributed by atoms with Gasteiger partial charge in [0.1, 0.15) is 5.75 Å². The summed E-state index contributed by atoms with van der Waals surface area (Å²) in [6.07, 6.45) is 0. The summed E-state index contributed by atoms with van der Waals surface area (Å²) in [5.74, 6) is 0.364. The maximum atomic E-state index is 12.4. The van der Waals surface area contributed by atoms with Crippen LogP contribution in [0.4, 0.5) is 11.4 Å². The van der Waals surface area contributed by atoms with Crippen LogP contribution in [-0.2, 0) is 6.54 Å². The van der Waals surface area contributed by atoms with Gasteiger partial charge in [-0.05, 0) is 42.0 Å². The van der Waals surface area contributed by atoms with Crippen LogP contribution in [0.2, 0.25) is 0 Å². The van der Waals surface area contributed by atoms with Crippen LogP contribution in [0.1, 0.15) is 15.9 Å². The van der Waals surface area contributed by atoms with Crippen LogP contribution in [0.15, 0.2) is 78.9 Å². The fourth-order valence-electron chi connectivity index (χ4n) is 2.50. The van der Waals surface area contributed by atoms with E-state index in [1.807, 2.05) is 54.6 Å². The Hall–Kier alpha value is -3.27. The van der Waals surface area contributed by atoms with E-state index in [2.05, 4.69) is 22.8 Å². The van der Waals surface area contributed by atoms with Crippen LogP contribution in [-0.4, -0.2) is 13.0 Å². The van der Waals surface area contributed by atoms with Crippen molar-refractivity contribution in [3.63, 3.8) is 0 Å². The predicted molar refractivity (Wildman–Crippen MR) is 101 cm³/mol. The Kier molecular flexibility index (Phi) is 5.32. The van der Waals surface area contributed by atoms with Crippen molar-refractivity contribution in [3.8, 4) is 5.75 Å². The number of nitrogens with one attached hydrogen (secondary N) is 2. The first-order valence-corrected chi connectivity index (χ1v) is 8.08. The second kappa shape index (κ2) is 8.02. The molecule has 0 bridgehead atoms. The molecule has 0 aliphatic carbocycles. The van der Waals surface area contributed by atoms with Gasteiger partial charge >= 0.3 is 0 Å². The maximum absolute atomic E-state index is 12.4. The van der Waals surface area contributed by atoms with E-state index < -0.39 is 0 Å². The first-order chi connectivity index (χ1) is 12.3. The number of amides is 1. The van der Waals surface area contributed by atoms with Crippen LogP contribution in [0.3, 0.4) is 0 Å². The molecule has 0 spiro atoms. The van der Waals surface area contributed by atoms with E-state index >= 15 is 0 Å². The third-order valence-corrected chi connectivity index (χ3v) is 3.83. The monoisotopic (exact) mass is 332 g/mol. The zero-order valence-corrected chi connectivity index (χ0v) is 14.0. The molecule has 0 radical (unpaired) electrons. The van der Waals surface area contributed by atoms with Gasteiger partial charge in [0.2, 0.25) is 0 Å². The van der Waals surface area contributed by atoms with Gasteiger partial charge in [-0.1, -0.05) is 42.5 Å². The highest BCUT2D eigenvalue weighted by atomic mass is 16.5. The van der Waals surface area contributed by atoms with Gasteiger partial charge in [0.25, 0.3) is 5.91 Å². The second-order valence-corrected chi connectivity index (χ2v) is 5.57. The van der Waals surface area contributed by atoms with Gasteiger partial charge in [-0.25, -0.2) is 0 Å². The van der Waals surface area contributed by atoms with Gasteiger partial charge in [0.15, 0.2) is 0 Å². The number of hydrogen-bond donors (Lipinski definition) is 2. The number of benzene rings is 3. The largest absolute Gasteiger partial charge is 0.496 e. The highest BCUT2D eigenvalue weighted by Crippen LogP contribution is 2.20. The average Bonchev–Trinajstić information content (AvgIpc) is 2.68. The second-order valence-electron chi connectivity index (χ2n) is 5.57. The topological polar surface area (TPSA) is 50.4 Å². The van der Waals surface area contributed by atoms with Gasteiger partial charge in [-0.15, -0.1) is 0 Å². The van der Waals surface area contributed by atoms with Crippen molar-refractivity contribution in [2.45, 2.75) is 6.54 Å². The van der Waals surface area contributed by atoms with Gasteiger partial charge < -0.3 is 15.4 Å². The van der Waals surface area contributed by atoms with Gasteiger partial charge in [0, 0.05) is 17.9 Å². The molecule has 0 saturated heterocycles. The number of anilines is 2. The molecule has 0 heterocycles. The van der Waals surface area contributed by atoms with E-state index in [0.717, 1.165) is 17.9 Å². The summed E-state index contributed by atoms with van der Waals surface area (Å²) in [5.41, 5.74) is 3.47. The van der Waals surface area contributed by atoms with Crippen LogP contribution < -0.4 is 15.4 Å². The molecule has 0 aromatic heterocycles. The lowest BCUT2D eigenvalue weighted by Crippen LogP contribution is -2.13. The quantitative estimate of drug-likeness (QED) is 0.696. The lowest BCUT2D eigenvalue weighted by Gasteiger charge is -2.10. The lowest BCUT2D eigenvalue weighted by atomic mass is 10.1. The minimum absolute atomic E-state index is 0.192. The van der Waals surface area contributed by atoms with Crippen molar-refractivity contribution >= 4 is 17.3 Å². The Balaban J connectivity index is 1.61. The minimum atomic E-state index is -0.192. The first-order valence-electron chi connectivity index (χ1n) is 8.08. The van der Waals surface area contributed by atoms with Gasteiger partial charge in [-0.2, -0.15) is 0 Å². The number of hydrogen-bond acceptors (Lipinski definition) is 3. The molecule has 126 valence electrons. The number of methoxy groups -OCH3 is 1. The van der Waals surface area contributed by atoms with Crippen molar-refractivity contribution in [2.75, 3.05) is 17.7 Å². The molecular formula is C21H20N2O2. The molecular weight excluding hydrogens is 312 g/mol. The standard InChI is InChI=1S/C21H20N2O2/c1-25-20-10-6-5-9-19(20)21(24)23-18-13-11-17(12-14-18)22-15-16-7-3-2-4-8-16/h2-14,22H,15H2,1H3,(H,23,24). The molecule has 4 nitrogen and oxygen atoms in total. The van der Waals surface area contributed by atoms with E-state index in [-0.39, 0.29) is 5.91 Å². The summed E-state index contributed by atoms with van der Waals surface area (Å²) in [6.45, 7) is 0.758. The third-order valence-electron chi connectivity index (χ3n) is 3.83. The molecule has 0 saturated carbocycles. The van der Waals surface area contributed by atoms with Crippen molar-refractivity contribution in [2.24, 2.45) is 0 Å². The molecule has 3 aromatic rings. The summed E-state index contributed by atoms with van der Waals surface area (Å²) in [4.78, 5) is 12.4. The molecule has 0 atom stereocenters. The van der Waals surface area contributed by atoms with E-state index in [1.165, 1.54) is 5.56 Å². The SMILES string of the molecule is COc1ccccc1C(=O)Nc1ccc(NCc2ccccc2)cc1. The zero-order valence-electron chi connectivity index (χ0n) is 14.0. The number of carbonyl (C=O) groups is 1. The molecule has 0 unspecified atom stereocenters. The Labute approximate surface area is 147 Å². The van der Waals surface area contributed by atoms with Crippen LogP contribution in [0.5, 0.6) is 5.75 Å². The summed E-state index contributed by atoms with van der Waals surface area (Å²) in [6, 6.07) is 25.0. The smallest absolute Gasteiger partial charge is 0.259 e. The van der Waals surface area contributed by atoms with Crippen molar-refractivity contribution in [1.29, 1.82) is 0 Å². The highest BCUT2D eigenvalue weighted by molar-refractivity contribution is 6.06. The van der Waals surface area contributed by atoms with Crippen LogP contribution >= 0.6 is 0 Å². The maximum Gasteiger partial charge on any atom is 0.259 e. The molecule has 2 N–H and O–H groups in total. The van der Waals surface area contributed by atoms with E-state index in [1.54, 1.807) is 19.2 Å². The number of para-hydroxylation sites is 1. The fourth-order valence-corrected chi connectivity index (χ4v) is 2.50. The van der Waals surface area contributed by atoms with Crippen LogP contribution in [0.25, 0.3) is 0 Å². The molecule has 0 aliphatic heterocycles. The van der Waals surface area contributed by atoms with Crippen LogP contribution in [0, 0.1) is 0 Å². The van der Waals surface area contributed by atoms with Crippen molar-refractivity contribution < 1.29 is 9.53 Å². The van der Waals surface area contributed by atoms with E-state index in [4.69, 9.17) is 4.74 Å². The summed E-state index contributed by atoms with van der Waals surface area (Å²) < 4.78 is 5.23. The summed E-state index contributed by atoms with van der Waals surface area (Å²) in [5, 5.41) is 6.25. The minimum Gasteiger partial charge on any atom is -0.496 e. The molecule has 0 aliphatic rings. The van der Waals surface area contributed by atoms with Crippen molar-refractivity contribution in [1.82, 2.24) is 0 Å². The number of rotatable bonds is 6. The first kappa shape index (κ1) is 16.6. The Morgan fingerprint density at radius 2 is 1.48 bits per heavy atom. The number of ether oxygens (including phenoxy) is 1. The summed E-state index contributed by atoms with van der Waals surface area (Å²) in [7, 11) is 1.55. The highest BCUT2D eigenvalue weighted by Gasteiger charge is 2.11. The normalized spacial score (nSPS) is 10.1. The Bertz CT molecular complexity index is 830. The van der Waals surface area contributed by atoms with Crippen molar-refractivity contribution in [3.05, 3.63) is 90.0 Å². The summed E-state index contributed by atoms with van der Waals surface area (Å²) >= 11 is 0. The lowest BCUT2D eigenvalue weighted by molar-refractivity contribution is 0.102. The molecule has 3 aromatic carbocycles. The Morgan fingerprint density at radius 3 is 2.20 bits per heavy atom.